The number of anilines is 6. The Balaban J connectivity index is 0.972. The average Bonchev–Trinajstić information content (AvgIpc) is 4.14. The summed E-state index contributed by atoms with van der Waals surface area (Å²) in [4.78, 5) is 4.25. The van der Waals surface area contributed by atoms with Crippen molar-refractivity contribution in [2.45, 2.75) is 13.8 Å². The lowest BCUT2D eigenvalue weighted by Gasteiger charge is -2.27. The van der Waals surface area contributed by atoms with Gasteiger partial charge >= 0.3 is 0 Å². The normalized spacial score (nSPS) is 11.8. The highest BCUT2D eigenvalue weighted by atomic mass is 19.1. The first-order chi connectivity index (χ1) is 35.9. The smallest absolute Gasteiger partial charge is 0.159 e. The van der Waals surface area contributed by atoms with Crippen LogP contribution in [0, 0.1) is 25.5 Å². The topological polar surface area (TPSA) is 45.9 Å². The second kappa shape index (κ2) is 16.6. The van der Waals surface area contributed by atoms with Gasteiger partial charge in [-0.1, -0.05) is 133 Å². The molecule has 7 heteroatoms. The van der Waals surface area contributed by atoms with E-state index in [0.29, 0.717) is 22.3 Å². The maximum Gasteiger partial charge on any atom is 0.159 e. The third kappa shape index (κ3) is 6.73. The van der Waals surface area contributed by atoms with Gasteiger partial charge in [0.25, 0.3) is 0 Å². The van der Waals surface area contributed by atoms with Crippen LogP contribution in [0.1, 0.15) is 11.1 Å². The molecule has 0 radical (unpaired) electrons. The van der Waals surface area contributed by atoms with E-state index in [4.69, 9.17) is 13.3 Å². The number of nitrogens with zero attached hydrogens (tertiary/aromatic N) is 2. The fourth-order valence-corrected chi connectivity index (χ4v) is 11.1. The minimum absolute atomic E-state index is 0.331. The minimum atomic E-state index is -0.333. The van der Waals surface area contributed by atoms with Crippen LogP contribution in [0.4, 0.5) is 42.9 Å². The van der Waals surface area contributed by atoms with Gasteiger partial charge in [0.15, 0.2) is 11.2 Å². The summed E-state index contributed by atoms with van der Waals surface area (Å²) in [5, 5.41) is 7.78. The van der Waals surface area contributed by atoms with Crippen LogP contribution in [0.3, 0.4) is 0 Å². The average molecular weight is 949 g/mol. The van der Waals surface area contributed by atoms with Crippen LogP contribution < -0.4 is 9.80 Å². The Bertz CT molecular complexity index is 4510. The third-order valence-corrected chi connectivity index (χ3v) is 14.5. The number of rotatable bonds is 8. The van der Waals surface area contributed by atoms with E-state index in [0.717, 1.165) is 122 Å². The molecule has 0 atom stereocenters. The minimum Gasteiger partial charge on any atom is -0.456 e. The third-order valence-electron chi connectivity index (χ3n) is 14.5. The number of hydrogen-bond donors (Lipinski definition) is 0. The molecule has 0 saturated heterocycles. The quantitative estimate of drug-likeness (QED) is 0.152. The molecule has 0 saturated carbocycles. The van der Waals surface area contributed by atoms with Crippen LogP contribution in [0.5, 0.6) is 0 Å². The van der Waals surface area contributed by atoms with Crippen molar-refractivity contribution < 1.29 is 22.0 Å². The Hall–Kier alpha value is -9.46. The van der Waals surface area contributed by atoms with E-state index in [1.165, 1.54) is 24.3 Å². The maximum absolute atomic E-state index is 14.8. The zero-order valence-corrected chi connectivity index (χ0v) is 39.7. The molecule has 0 aliphatic rings. The van der Waals surface area contributed by atoms with Crippen molar-refractivity contribution in [2.24, 2.45) is 0 Å². The van der Waals surface area contributed by atoms with Gasteiger partial charge in [-0.05, 0) is 114 Å². The molecule has 3 heterocycles. The lowest BCUT2D eigenvalue weighted by Crippen LogP contribution is -2.11. The van der Waals surface area contributed by atoms with Crippen molar-refractivity contribution in [1.82, 2.24) is 0 Å². The summed E-state index contributed by atoms with van der Waals surface area (Å²) in [7, 11) is 0. The van der Waals surface area contributed by atoms with Gasteiger partial charge in [-0.15, -0.1) is 0 Å². The number of furan rings is 3. The van der Waals surface area contributed by atoms with Crippen molar-refractivity contribution in [3.05, 3.63) is 241 Å². The Labute approximate surface area is 418 Å². The number of hydrogen-bond acceptors (Lipinski definition) is 5. The highest BCUT2D eigenvalue weighted by Gasteiger charge is 2.26. The largest absolute Gasteiger partial charge is 0.456 e. The van der Waals surface area contributed by atoms with Crippen molar-refractivity contribution in [1.29, 1.82) is 0 Å². The standard InChI is InChI=1S/C66H42F2N2O3/c1-39-13-3-5-15-46(39)50-19-9-21-52-54-23-11-25-57(65(54)72-63(50)52)69(43-31-27-41(67)28-32-43)45-35-36-56-60(37-45)71-61-38-59(48-17-7-8-18-49(48)62(56)61)70(44-33-29-42(68)30-34-44)58-26-12-24-55-53-22-10-20-51(64(53)73-66(55)58)47-16-6-4-14-40(47)2/h3-38H,1-2H3. The molecule has 348 valence electrons. The van der Waals surface area contributed by atoms with Crippen molar-refractivity contribution in [3.63, 3.8) is 0 Å². The molecular weight excluding hydrogens is 907 g/mol. The first kappa shape index (κ1) is 42.4. The first-order valence-electron chi connectivity index (χ1n) is 24.4. The number of aryl methyl sites for hydroxylation is 2. The fraction of sp³-hybridized carbons (Fsp3) is 0.0303. The Morgan fingerprint density at radius 2 is 0.740 bits per heavy atom. The molecule has 0 N–H and O–H groups in total. The van der Waals surface area contributed by atoms with Crippen LogP contribution in [-0.2, 0) is 0 Å². The van der Waals surface area contributed by atoms with Gasteiger partial charge in [-0.2, -0.15) is 0 Å². The molecule has 0 spiro atoms. The fourth-order valence-electron chi connectivity index (χ4n) is 11.1. The molecule has 0 aliphatic heterocycles. The monoisotopic (exact) mass is 948 g/mol. The van der Waals surface area contributed by atoms with E-state index in [9.17, 15) is 8.78 Å². The summed E-state index contributed by atoms with van der Waals surface area (Å²) in [5.74, 6) is -0.664. The molecule has 5 nitrogen and oxygen atoms in total. The second-order valence-electron chi connectivity index (χ2n) is 18.7. The summed E-state index contributed by atoms with van der Waals surface area (Å²) >= 11 is 0. The lowest BCUT2D eigenvalue weighted by molar-refractivity contribution is 0.627. The van der Waals surface area contributed by atoms with Gasteiger partial charge in [-0.3, -0.25) is 0 Å². The van der Waals surface area contributed by atoms with Crippen LogP contribution >= 0.6 is 0 Å². The lowest BCUT2D eigenvalue weighted by atomic mass is 9.98. The molecule has 0 aliphatic carbocycles. The first-order valence-corrected chi connectivity index (χ1v) is 24.4. The highest BCUT2D eigenvalue weighted by molar-refractivity contribution is 6.24. The predicted octanol–water partition coefficient (Wildman–Crippen LogP) is 19.7. The number of benzene rings is 11. The maximum atomic E-state index is 14.8. The van der Waals surface area contributed by atoms with Crippen molar-refractivity contribution in [3.8, 4) is 22.3 Å². The molecule has 11 aromatic carbocycles. The molecule has 0 bridgehead atoms. The summed E-state index contributed by atoms with van der Waals surface area (Å²) in [6.07, 6.45) is 0. The number of para-hydroxylation sites is 4. The van der Waals surface area contributed by atoms with Gasteiger partial charge in [0, 0.05) is 72.3 Å². The number of fused-ring (bicyclic) bond motifs is 11. The van der Waals surface area contributed by atoms with E-state index in [1.54, 1.807) is 24.3 Å². The number of halogens is 2. The van der Waals surface area contributed by atoms with Gasteiger partial charge in [-0.25, -0.2) is 8.78 Å². The predicted molar refractivity (Wildman–Crippen MR) is 295 cm³/mol. The molecule has 3 aromatic heterocycles. The van der Waals surface area contributed by atoms with E-state index >= 15 is 0 Å². The van der Waals surface area contributed by atoms with Gasteiger partial charge in [0.1, 0.15) is 34.0 Å². The van der Waals surface area contributed by atoms with Gasteiger partial charge < -0.3 is 23.1 Å². The van der Waals surface area contributed by atoms with Crippen LogP contribution in [0.25, 0.3) is 98.8 Å². The van der Waals surface area contributed by atoms with E-state index < -0.39 is 0 Å². The van der Waals surface area contributed by atoms with E-state index in [1.807, 2.05) is 42.5 Å². The summed E-state index contributed by atoms with van der Waals surface area (Å²) in [6, 6.07) is 71.4. The van der Waals surface area contributed by atoms with Crippen LogP contribution in [-0.4, -0.2) is 0 Å². The van der Waals surface area contributed by atoms with Crippen molar-refractivity contribution >= 4 is 111 Å². The van der Waals surface area contributed by atoms with E-state index in [2.05, 4.69) is 151 Å². The molecule has 0 amide bonds. The summed E-state index contributed by atoms with van der Waals surface area (Å²) in [5.41, 5.74) is 15.6. The van der Waals surface area contributed by atoms with E-state index in [-0.39, 0.29) is 11.6 Å². The summed E-state index contributed by atoms with van der Waals surface area (Å²) in [6.45, 7) is 4.23. The van der Waals surface area contributed by atoms with Gasteiger partial charge in [0.05, 0.1) is 22.7 Å². The second-order valence-corrected chi connectivity index (χ2v) is 18.7. The SMILES string of the molecule is Cc1ccccc1-c1cccc2c1oc1c(N(c3ccc(F)cc3)c3ccc4c(c3)oc3cc(N(c5ccc(F)cc5)c5cccc6c5oc5c(-c7ccccc7C)cccc56)c5ccccc5c34)cccc12. The molecule has 0 unspecified atom stereocenters. The van der Waals surface area contributed by atoms with Crippen molar-refractivity contribution in [2.75, 3.05) is 9.80 Å². The van der Waals surface area contributed by atoms with Crippen LogP contribution in [0.2, 0.25) is 0 Å². The van der Waals surface area contributed by atoms with Crippen LogP contribution in [0.15, 0.2) is 232 Å². The summed E-state index contributed by atoms with van der Waals surface area (Å²) < 4.78 is 50.6. The zero-order valence-electron chi connectivity index (χ0n) is 39.7. The molecular formula is C66H42F2N2O3. The molecule has 14 aromatic rings. The molecule has 73 heavy (non-hydrogen) atoms. The zero-order chi connectivity index (χ0) is 48.9. The Morgan fingerprint density at radius 3 is 1.30 bits per heavy atom. The Kier molecular flexibility index (Phi) is 9.63. The highest BCUT2D eigenvalue weighted by Crippen LogP contribution is 2.50. The molecule has 0 fully saturated rings. The van der Waals surface area contributed by atoms with Gasteiger partial charge in [0.2, 0.25) is 0 Å². The Morgan fingerprint density at radius 1 is 0.301 bits per heavy atom. The molecule has 14 rings (SSSR count).